The number of hydrogen-bond acceptors (Lipinski definition) is 5. The highest BCUT2D eigenvalue weighted by atomic mass is 16.2. The number of pyridine rings is 1. The first kappa shape index (κ1) is 23.2. The number of nitrogens with two attached hydrogens (primary N) is 1. The molecule has 170 valence electrons. The summed E-state index contributed by atoms with van der Waals surface area (Å²) in [6.45, 7) is 12.1. The first-order chi connectivity index (χ1) is 15.0. The van der Waals surface area contributed by atoms with Crippen LogP contribution in [-0.4, -0.2) is 27.0 Å². The lowest BCUT2D eigenvalue weighted by Gasteiger charge is -2.27. The van der Waals surface area contributed by atoms with Crippen LogP contribution in [0.5, 0.6) is 0 Å². The lowest BCUT2D eigenvalue weighted by Crippen LogP contribution is -2.43. The van der Waals surface area contributed by atoms with Crippen LogP contribution in [0.15, 0.2) is 33.9 Å². The molecule has 0 aliphatic heterocycles. The number of anilines is 2. The molecule has 2 heterocycles. The van der Waals surface area contributed by atoms with Crippen LogP contribution in [0, 0.1) is 25.7 Å². The number of aromatic amines is 1. The van der Waals surface area contributed by atoms with E-state index in [4.69, 9.17) is 5.73 Å². The van der Waals surface area contributed by atoms with Crippen molar-refractivity contribution in [3.8, 4) is 0 Å². The molecule has 0 bridgehead atoms. The van der Waals surface area contributed by atoms with Crippen molar-refractivity contribution in [3.05, 3.63) is 61.9 Å². The van der Waals surface area contributed by atoms with E-state index in [-0.39, 0.29) is 35.8 Å². The van der Waals surface area contributed by atoms with E-state index in [1.165, 1.54) is 9.47 Å². The number of carbonyl (C=O) groups is 1. The van der Waals surface area contributed by atoms with E-state index in [0.29, 0.717) is 17.8 Å². The smallest absolute Gasteiger partial charge is 0.330 e. The van der Waals surface area contributed by atoms with Crippen molar-refractivity contribution in [2.45, 2.75) is 48.1 Å². The average molecular weight is 438 g/mol. The van der Waals surface area contributed by atoms with Gasteiger partial charge in [-0.1, -0.05) is 39.3 Å². The SMILES string of the molecule is Cc1ccc2nc(C)c(C(=O)N(CC(C)C)c3c(N)n(CC(C)C)c(=O)[nH]c3=O)cc2c1. The lowest BCUT2D eigenvalue weighted by molar-refractivity contribution is 0.0982. The molecule has 8 heteroatoms. The lowest BCUT2D eigenvalue weighted by atomic mass is 10.1. The van der Waals surface area contributed by atoms with E-state index < -0.39 is 11.2 Å². The maximum Gasteiger partial charge on any atom is 0.330 e. The van der Waals surface area contributed by atoms with Crippen LogP contribution < -0.4 is 21.9 Å². The van der Waals surface area contributed by atoms with E-state index in [1.807, 2.05) is 52.8 Å². The van der Waals surface area contributed by atoms with Gasteiger partial charge in [0.2, 0.25) is 0 Å². The quantitative estimate of drug-likeness (QED) is 0.614. The summed E-state index contributed by atoms with van der Waals surface area (Å²) in [6.07, 6.45) is 0. The largest absolute Gasteiger partial charge is 0.383 e. The van der Waals surface area contributed by atoms with Gasteiger partial charge < -0.3 is 10.6 Å². The van der Waals surface area contributed by atoms with Crippen LogP contribution in [0.4, 0.5) is 11.5 Å². The van der Waals surface area contributed by atoms with Crippen molar-refractivity contribution < 1.29 is 4.79 Å². The number of fused-ring (bicyclic) bond motifs is 1. The van der Waals surface area contributed by atoms with Crippen LogP contribution in [0.3, 0.4) is 0 Å². The van der Waals surface area contributed by atoms with Crippen molar-refractivity contribution in [3.63, 3.8) is 0 Å². The average Bonchev–Trinajstić information content (AvgIpc) is 2.69. The Hall–Kier alpha value is -3.42. The van der Waals surface area contributed by atoms with Crippen molar-refractivity contribution in [2.75, 3.05) is 17.2 Å². The van der Waals surface area contributed by atoms with Crippen LogP contribution in [-0.2, 0) is 6.54 Å². The van der Waals surface area contributed by atoms with Gasteiger partial charge in [0, 0.05) is 18.5 Å². The molecule has 0 radical (unpaired) electrons. The number of nitrogens with one attached hydrogen (secondary N) is 1. The zero-order chi connectivity index (χ0) is 23.7. The van der Waals surface area contributed by atoms with Gasteiger partial charge in [-0.25, -0.2) is 4.79 Å². The fourth-order valence-corrected chi connectivity index (χ4v) is 3.78. The Morgan fingerprint density at radius 2 is 1.81 bits per heavy atom. The van der Waals surface area contributed by atoms with Gasteiger partial charge in [0.25, 0.3) is 11.5 Å². The molecule has 3 rings (SSSR count). The van der Waals surface area contributed by atoms with E-state index >= 15 is 0 Å². The monoisotopic (exact) mass is 437 g/mol. The third-order valence-corrected chi connectivity index (χ3v) is 5.22. The van der Waals surface area contributed by atoms with Crippen molar-refractivity contribution in [2.24, 2.45) is 11.8 Å². The highest BCUT2D eigenvalue weighted by Crippen LogP contribution is 2.24. The summed E-state index contributed by atoms with van der Waals surface area (Å²) in [5.74, 6) is -0.208. The number of nitrogen functional groups attached to an aromatic ring is 1. The van der Waals surface area contributed by atoms with Crippen molar-refractivity contribution >= 4 is 28.3 Å². The van der Waals surface area contributed by atoms with Crippen LogP contribution in [0.25, 0.3) is 10.9 Å². The van der Waals surface area contributed by atoms with Crippen molar-refractivity contribution in [1.82, 2.24) is 14.5 Å². The van der Waals surface area contributed by atoms with Crippen LogP contribution in [0.1, 0.15) is 49.3 Å². The number of carbonyl (C=O) groups excluding carboxylic acids is 1. The number of nitrogens with zero attached hydrogens (tertiary/aromatic N) is 3. The fourth-order valence-electron chi connectivity index (χ4n) is 3.78. The third-order valence-electron chi connectivity index (χ3n) is 5.22. The molecule has 0 atom stereocenters. The van der Waals surface area contributed by atoms with Crippen LogP contribution >= 0.6 is 0 Å². The molecule has 3 aromatic rings. The van der Waals surface area contributed by atoms with Gasteiger partial charge in [-0.05, 0) is 43.9 Å². The summed E-state index contributed by atoms with van der Waals surface area (Å²) in [6, 6.07) is 7.66. The third kappa shape index (κ3) is 4.59. The minimum Gasteiger partial charge on any atom is -0.383 e. The van der Waals surface area contributed by atoms with Gasteiger partial charge in [0.05, 0.1) is 16.8 Å². The molecule has 3 N–H and O–H groups in total. The Bertz CT molecular complexity index is 1290. The second kappa shape index (κ2) is 8.98. The first-order valence-corrected chi connectivity index (χ1v) is 10.8. The summed E-state index contributed by atoms with van der Waals surface area (Å²) in [4.78, 5) is 47.3. The molecule has 0 saturated heterocycles. The Kier molecular flexibility index (Phi) is 6.52. The second-order valence-electron chi connectivity index (χ2n) is 9.12. The number of H-pyrrole nitrogens is 1. The summed E-state index contributed by atoms with van der Waals surface area (Å²) in [7, 11) is 0. The van der Waals surface area contributed by atoms with E-state index in [2.05, 4.69) is 9.97 Å². The maximum atomic E-state index is 13.7. The van der Waals surface area contributed by atoms with Gasteiger partial charge in [0.1, 0.15) is 5.82 Å². The van der Waals surface area contributed by atoms with E-state index in [0.717, 1.165) is 16.5 Å². The Morgan fingerprint density at radius 1 is 1.12 bits per heavy atom. The summed E-state index contributed by atoms with van der Waals surface area (Å²) in [5.41, 5.74) is 7.85. The normalized spacial score (nSPS) is 11.5. The number of rotatable bonds is 6. The van der Waals surface area contributed by atoms with Gasteiger partial charge in [-0.15, -0.1) is 0 Å². The number of benzene rings is 1. The predicted octanol–water partition coefficient (Wildman–Crippen LogP) is 3.24. The maximum absolute atomic E-state index is 13.7. The number of aromatic nitrogens is 3. The van der Waals surface area contributed by atoms with E-state index in [1.54, 1.807) is 13.0 Å². The molecule has 0 unspecified atom stereocenters. The van der Waals surface area contributed by atoms with Gasteiger partial charge >= 0.3 is 5.69 Å². The minimum absolute atomic E-state index is 0.00677. The minimum atomic E-state index is -0.677. The highest BCUT2D eigenvalue weighted by molar-refractivity contribution is 6.09. The Morgan fingerprint density at radius 3 is 2.44 bits per heavy atom. The molecule has 0 spiro atoms. The van der Waals surface area contributed by atoms with Crippen LogP contribution in [0.2, 0.25) is 0 Å². The van der Waals surface area contributed by atoms with Gasteiger partial charge in [-0.3, -0.25) is 24.1 Å². The second-order valence-corrected chi connectivity index (χ2v) is 9.12. The molecular weight excluding hydrogens is 406 g/mol. The predicted molar refractivity (Wildman–Crippen MR) is 128 cm³/mol. The molecule has 32 heavy (non-hydrogen) atoms. The first-order valence-electron chi connectivity index (χ1n) is 10.8. The molecule has 0 fully saturated rings. The molecule has 1 amide bonds. The molecule has 0 aliphatic rings. The molecular formula is C24H31N5O3. The Balaban J connectivity index is 2.21. The fraction of sp³-hybridized carbons (Fsp3) is 0.417. The highest BCUT2D eigenvalue weighted by Gasteiger charge is 2.27. The topological polar surface area (TPSA) is 114 Å². The molecule has 1 aromatic carbocycles. The number of amides is 1. The summed E-state index contributed by atoms with van der Waals surface area (Å²) < 4.78 is 1.32. The zero-order valence-electron chi connectivity index (χ0n) is 19.5. The Labute approximate surface area is 187 Å². The van der Waals surface area contributed by atoms with Crippen molar-refractivity contribution in [1.29, 1.82) is 0 Å². The molecule has 0 saturated carbocycles. The number of aryl methyl sites for hydroxylation is 2. The van der Waals surface area contributed by atoms with E-state index in [9.17, 15) is 14.4 Å². The van der Waals surface area contributed by atoms with Gasteiger partial charge in [-0.2, -0.15) is 0 Å². The summed E-state index contributed by atoms with van der Waals surface area (Å²) in [5, 5.41) is 0.843. The zero-order valence-corrected chi connectivity index (χ0v) is 19.5. The standard InChI is InChI=1S/C24H31N5O3/c1-13(2)11-28(20-21(25)29(12-14(3)4)24(32)27-22(20)30)23(31)18-10-17-9-15(5)7-8-19(17)26-16(18)6/h7-10,13-14H,11-12,25H2,1-6H3,(H,27,30,32). The molecule has 8 nitrogen and oxygen atoms in total. The van der Waals surface area contributed by atoms with Gasteiger partial charge in [0.15, 0.2) is 5.69 Å². The number of hydrogen-bond donors (Lipinski definition) is 2. The molecule has 0 aliphatic carbocycles. The molecule has 2 aromatic heterocycles. The summed E-state index contributed by atoms with van der Waals surface area (Å²) >= 11 is 0.